The predicted molar refractivity (Wildman–Crippen MR) is 104 cm³/mol. The molecule has 3 aliphatic heterocycles. The normalized spacial score (nSPS) is 24.3. The number of nitrogens with zero attached hydrogens (tertiary/aromatic N) is 5. The molecule has 2 saturated heterocycles. The Morgan fingerprint density at radius 2 is 1.79 bits per heavy atom. The maximum atomic E-state index is 13.3. The molecule has 8 heteroatoms. The van der Waals surface area contributed by atoms with E-state index >= 15 is 0 Å². The van der Waals surface area contributed by atoms with Gasteiger partial charge in [-0.2, -0.15) is 0 Å². The molecule has 8 nitrogen and oxygen atoms in total. The molecule has 0 bridgehead atoms. The minimum absolute atomic E-state index is 0.0172. The summed E-state index contributed by atoms with van der Waals surface area (Å²) in [6.45, 7) is 2.19. The summed E-state index contributed by atoms with van der Waals surface area (Å²) in [7, 11) is 3.49. The summed E-state index contributed by atoms with van der Waals surface area (Å²) in [4.78, 5) is 40.2. The average molecular weight is 378 g/mol. The molecule has 1 atom stereocenters. The van der Waals surface area contributed by atoms with Gasteiger partial charge in [0.1, 0.15) is 5.41 Å². The molecular weight excluding hydrogens is 356 g/mol. The van der Waals surface area contributed by atoms with E-state index in [0.29, 0.717) is 32.1 Å². The highest BCUT2D eigenvalue weighted by Gasteiger charge is 2.70. The molecule has 1 aromatic heterocycles. The number of carbonyl (C=O) groups excluding carboxylic acids is 2. The lowest BCUT2D eigenvalue weighted by Gasteiger charge is -2.54. The van der Waals surface area contributed by atoms with Crippen LogP contribution in [0.5, 0.6) is 0 Å². The third-order valence-corrected chi connectivity index (χ3v) is 6.32. The van der Waals surface area contributed by atoms with E-state index in [4.69, 9.17) is 0 Å². The summed E-state index contributed by atoms with van der Waals surface area (Å²) < 4.78 is 0. The van der Waals surface area contributed by atoms with Crippen molar-refractivity contribution in [3.63, 3.8) is 0 Å². The SMILES string of the molecule is CN(C)C(=O)N1CC2(CN(c3ncccn3)C2)[C@]2(C1)C(=O)Nc1ccccc12. The molecular formula is C20H22N6O2. The van der Waals surface area contributed by atoms with Crippen molar-refractivity contribution in [1.29, 1.82) is 0 Å². The Hall–Kier alpha value is -3.16. The first kappa shape index (κ1) is 17.0. The van der Waals surface area contributed by atoms with Crippen LogP contribution >= 0.6 is 0 Å². The standard InChI is InChI=1S/C20H22N6O2/c1-24(2)18(28)26-12-19(10-25(11-19)17-21-8-5-9-22-17)20(13-26)14-6-3-4-7-15(14)23-16(20)27/h3-9H,10-13H2,1-2H3,(H,23,27)/t20-/m0/s1. The first-order valence-corrected chi connectivity index (χ1v) is 9.36. The van der Waals surface area contributed by atoms with E-state index in [9.17, 15) is 9.59 Å². The number of nitrogens with one attached hydrogen (secondary N) is 1. The van der Waals surface area contributed by atoms with Gasteiger partial charge in [0.2, 0.25) is 11.9 Å². The molecule has 4 heterocycles. The van der Waals surface area contributed by atoms with Crippen LogP contribution in [0.15, 0.2) is 42.7 Å². The number of amides is 3. The van der Waals surface area contributed by atoms with E-state index in [1.54, 1.807) is 37.5 Å². The number of carbonyl (C=O) groups is 2. The van der Waals surface area contributed by atoms with Gasteiger partial charge in [-0.15, -0.1) is 0 Å². The molecule has 144 valence electrons. The van der Waals surface area contributed by atoms with E-state index in [1.165, 1.54) is 0 Å². The Labute approximate surface area is 163 Å². The summed E-state index contributed by atoms with van der Waals surface area (Å²) in [5.74, 6) is 0.642. The van der Waals surface area contributed by atoms with Gasteiger partial charge in [0.05, 0.1) is 0 Å². The Balaban J connectivity index is 1.57. The van der Waals surface area contributed by atoms with Crippen LogP contribution < -0.4 is 10.2 Å². The second-order valence-corrected chi connectivity index (χ2v) is 8.12. The average Bonchev–Trinajstić information content (AvgIpc) is 3.18. The summed E-state index contributed by atoms with van der Waals surface area (Å²) in [6.07, 6.45) is 3.44. The van der Waals surface area contributed by atoms with E-state index < -0.39 is 5.41 Å². The summed E-state index contributed by atoms with van der Waals surface area (Å²) in [5.41, 5.74) is 0.720. The van der Waals surface area contributed by atoms with Crippen molar-refractivity contribution in [2.45, 2.75) is 5.41 Å². The van der Waals surface area contributed by atoms with Gasteiger partial charge >= 0.3 is 6.03 Å². The van der Waals surface area contributed by atoms with Gasteiger partial charge in [-0.1, -0.05) is 18.2 Å². The van der Waals surface area contributed by atoms with Crippen molar-refractivity contribution >= 4 is 23.6 Å². The molecule has 0 radical (unpaired) electrons. The minimum Gasteiger partial charge on any atom is -0.339 e. The molecule has 0 unspecified atom stereocenters. The molecule has 3 aliphatic rings. The van der Waals surface area contributed by atoms with E-state index in [1.807, 2.05) is 29.2 Å². The molecule has 0 aliphatic carbocycles. The van der Waals surface area contributed by atoms with Gasteiger partial charge in [0, 0.05) is 63.8 Å². The third kappa shape index (κ3) is 2.05. The lowest BCUT2D eigenvalue weighted by molar-refractivity contribution is -0.124. The maximum Gasteiger partial charge on any atom is 0.319 e. The second kappa shape index (κ2) is 5.67. The number of urea groups is 1. The lowest BCUT2D eigenvalue weighted by Crippen LogP contribution is -2.68. The van der Waals surface area contributed by atoms with Crippen molar-refractivity contribution in [3.05, 3.63) is 48.3 Å². The molecule has 5 rings (SSSR count). The number of para-hydroxylation sites is 1. The smallest absolute Gasteiger partial charge is 0.319 e. The van der Waals surface area contributed by atoms with Crippen molar-refractivity contribution in [2.75, 3.05) is 50.5 Å². The van der Waals surface area contributed by atoms with Gasteiger partial charge < -0.3 is 20.0 Å². The monoisotopic (exact) mass is 378 g/mol. The molecule has 3 amide bonds. The van der Waals surface area contributed by atoms with Crippen molar-refractivity contribution in [3.8, 4) is 0 Å². The first-order chi connectivity index (χ1) is 13.5. The fourth-order valence-corrected chi connectivity index (χ4v) is 5.08. The summed E-state index contributed by atoms with van der Waals surface area (Å²) in [6, 6.07) is 9.55. The summed E-state index contributed by atoms with van der Waals surface area (Å²) >= 11 is 0. The first-order valence-electron chi connectivity index (χ1n) is 9.36. The Morgan fingerprint density at radius 1 is 1.07 bits per heavy atom. The Kier molecular flexibility index (Phi) is 3.44. The van der Waals surface area contributed by atoms with Crippen LogP contribution in [0.25, 0.3) is 0 Å². The fourth-order valence-electron chi connectivity index (χ4n) is 5.08. The van der Waals surface area contributed by atoms with Gasteiger partial charge in [-0.3, -0.25) is 4.79 Å². The molecule has 1 aromatic carbocycles. The number of rotatable bonds is 1. The molecule has 2 aromatic rings. The second-order valence-electron chi connectivity index (χ2n) is 8.12. The van der Waals surface area contributed by atoms with Crippen molar-refractivity contribution < 1.29 is 9.59 Å². The Morgan fingerprint density at radius 3 is 2.50 bits per heavy atom. The maximum absolute atomic E-state index is 13.3. The molecule has 0 saturated carbocycles. The number of likely N-dealkylation sites (tertiary alicyclic amines) is 1. The quantitative estimate of drug-likeness (QED) is 0.806. The number of benzene rings is 1. The highest BCUT2D eigenvalue weighted by atomic mass is 16.2. The van der Waals surface area contributed by atoms with Gasteiger partial charge in [-0.25, -0.2) is 14.8 Å². The van der Waals surface area contributed by atoms with Gasteiger partial charge in [-0.05, 0) is 17.7 Å². The highest BCUT2D eigenvalue weighted by Crippen LogP contribution is 2.58. The number of fused-ring (bicyclic) bond motifs is 3. The zero-order chi connectivity index (χ0) is 19.5. The van der Waals surface area contributed by atoms with E-state index in [-0.39, 0.29) is 17.4 Å². The lowest BCUT2D eigenvalue weighted by atomic mass is 9.58. The fraction of sp³-hybridized carbons (Fsp3) is 0.400. The van der Waals surface area contributed by atoms with Crippen LogP contribution in [0, 0.1) is 5.41 Å². The number of hydrogen-bond donors (Lipinski definition) is 1. The van der Waals surface area contributed by atoms with Gasteiger partial charge in [0.25, 0.3) is 0 Å². The largest absolute Gasteiger partial charge is 0.339 e. The van der Waals surface area contributed by atoms with Crippen LogP contribution in [-0.4, -0.2) is 72.0 Å². The molecule has 28 heavy (non-hydrogen) atoms. The zero-order valence-electron chi connectivity index (χ0n) is 15.9. The minimum atomic E-state index is -0.749. The highest BCUT2D eigenvalue weighted by molar-refractivity contribution is 6.08. The van der Waals surface area contributed by atoms with Crippen molar-refractivity contribution in [2.24, 2.45) is 5.41 Å². The predicted octanol–water partition coefficient (Wildman–Crippen LogP) is 1.17. The number of anilines is 2. The topological polar surface area (TPSA) is 81.7 Å². The zero-order valence-corrected chi connectivity index (χ0v) is 15.9. The van der Waals surface area contributed by atoms with Crippen molar-refractivity contribution in [1.82, 2.24) is 19.8 Å². The number of hydrogen-bond acceptors (Lipinski definition) is 5. The molecule has 2 spiro atoms. The van der Waals surface area contributed by atoms with Crippen LogP contribution in [0.1, 0.15) is 5.56 Å². The van der Waals surface area contributed by atoms with Crippen LogP contribution in [0.3, 0.4) is 0 Å². The van der Waals surface area contributed by atoms with Gasteiger partial charge in [0.15, 0.2) is 0 Å². The number of aromatic nitrogens is 2. The van der Waals surface area contributed by atoms with E-state index in [0.717, 1.165) is 11.3 Å². The van der Waals surface area contributed by atoms with Crippen LogP contribution in [0.4, 0.5) is 16.4 Å². The third-order valence-electron chi connectivity index (χ3n) is 6.32. The van der Waals surface area contributed by atoms with E-state index in [2.05, 4.69) is 20.2 Å². The molecule has 1 N–H and O–H groups in total. The van der Waals surface area contributed by atoms with Crippen LogP contribution in [-0.2, 0) is 10.2 Å². The summed E-state index contributed by atoms with van der Waals surface area (Å²) in [5, 5.41) is 3.06. The van der Waals surface area contributed by atoms with Crippen LogP contribution in [0.2, 0.25) is 0 Å². The Bertz CT molecular complexity index is 956. The molecule has 2 fully saturated rings.